The molecular weight excluding hydrogens is 183 g/mol. The molecule has 4 heavy (non-hydrogen) atoms. The third-order valence-corrected chi connectivity index (χ3v) is 0. The molecule has 0 radical (unpaired) electrons. The summed E-state index contributed by atoms with van der Waals surface area (Å²) < 4.78 is 0. The Balaban J connectivity index is 0. The summed E-state index contributed by atoms with van der Waals surface area (Å²) in [5.74, 6) is 0. The molecule has 0 unspecified atom stereocenters. The molecule has 0 rings (SSSR count). The normalized spacial score (nSPS) is 0. The van der Waals surface area contributed by atoms with Crippen molar-refractivity contribution < 1.29 is 52.1 Å². The van der Waals surface area contributed by atoms with Crippen LogP contribution in [0.25, 0.3) is 0 Å². The molecule has 0 bridgehead atoms. The predicted octanol–water partition coefficient (Wildman–Crippen LogP) is -0.243. The van der Waals surface area contributed by atoms with Crippen molar-refractivity contribution in [1.29, 1.82) is 0 Å². The average Bonchev–Trinajstić information content (AvgIpc) is 0. The maximum absolute atomic E-state index is 0. The molecule has 0 amide bonds. The maximum Gasteiger partial charge on any atom is 4.00 e. The van der Waals surface area contributed by atoms with Crippen LogP contribution in [-0.2, 0) is 52.1 Å². The fourth-order valence-electron chi connectivity index (χ4n) is 0. The van der Waals surface area contributed by atoms with Gasteiger partial charge in [-0.05, 0) is 0 Å². The summed E-state index contributed by atoms with van der Waals surface area (Å²) in [7, 11) is 0. The molecule has 0 aliphatic rings. The zero-order chi connectivity index (χ0) is 0. The van der Waals surface area contributed by atoms with Crippen LogP contribution >= 0.6 is 0 Å². The standard InChI is InChI=1S/2O.Rh.Ti/q2*-2;+3;+4. The van der Waals surface area contributed by atoms with Crippen LogP contribution in [0.2, 0.25) is 0 Å². The van der Waals surface area contributed by atoms with E-state index in [0.29, 0.717) is 0 Å². The first-order valence-corrected chi connectivity index (χ1v) is 0. The van der Waals surface area contributed by atoms with Crippen molar-refractivity contribution in [3.05, 3.63) is 0 Å². The fraction of sp³-hybridized carbons (Fsp3) is 0. The van der Waals surface area contributed by atoms with E-state index in [1.807, 2.05) is 0 Å². The van der Waals surface area contributed by atoms with Crippen LogP contribution in [0.3, 0.4) is 0 Å². The molecule has 0 saturated heterocycles. The Kier molecular flexibility index (Phi) is 430. The van der Waals surface area contributed by atoms with E-state index in [0.717, 1.165) is 0 Å². The SMILES string of the molecule is [O-2].[O-2].[Rh+3].[Ti+4]. The van der Waals surface area contributed by atoms with Crippen molar-refractivity contribution in [2.24, 2.45) is 0 Å². The Morgan fingerprint density at radius 1 is 0.750 bits per heavy atom. The molecule has 0 aliphatic carbocycles. The smallest absolute Gasteiger partial charge is 2.00 e. The van der Waals surface area contributed by atoms with Crippen LogP contribution < -0.4 is 0 Å². The molecule has 0 spiro atoms. The van der Waals surface area contributed by atoms with Gasteiger partial charge in [-0.1, -0.05) is 0 Å². The zero-order valence-electron chi connectivity index (χ0n) is 1.65. The van der Waals surface area contributed by atoms with Gasteiger partial charge in [0.1, 0.15) is 0 Å². The van der Waals surface area contributed by atoms with Gasteiger partial charge in [-0.15, -0.1) is 0 Å². The van der Waals surface area contributed by atoms with Crippen molar-refractivity contribution in [3.8, 4) is 0 Å². The van der Waals surface area contributed by atoms with Crippen molar-refractivity contribution >= 4 is 0 Å². The summed E-state index contributed by atoms with van der Waals surface area (Å²) in [6.45, 7) is 0. The quantitative estimate of drug-likeness (QED) is 0.465. The molecule has 0 aromatic carbocycles. The third-order valence-electron chi connectivity index (χ3n) is 0. The van der Waals surface area contributed by atoms with Gasteiger partial charge in [-0.25, -0.2) is 0 Å². The number of rotatable bonds is 0. The van der Waals surface area contributed by atoms with Crippen molar-refractivity contribution in [1.82, 2.24) is 0 Å². The van der Waals surface area contributed by atoms with Gasteiger partial charge in [0.25, 0.3) is 0 Å². The van der Waals surface area contributed by atoms with Gasteiger partial charge in [0.15, 0.2) is 0 Å². The van der Waals surface area contributed by atoms with E-state index in [1.165, 1.54) is 0 Å². The van der Waals surface area contributed by atoms with Crippen molar-refractivity contribution in [3.63, 3.8) is 0 Å². The van der Waals surface area contributed by atoms with E-state index < -0.39 is 0 Å². The first kappa shape index (κ1) is 60.3. The molecular formula is O2RhTi+3. The van der Waals surface area contributed by atoms with Crippen LogP contribution in [0.4, 0.5) is 0 Å². The van der Waals surface area contributed by atoms with Gasteiger partial charge in [0.05, 0.1) is 0 Å². The Hall–Kier alpha value is 1.26. The molecule has 4 heteroatoms. The summed E-state index contributed by atoms with van der Waals surface area (Å²) in [4.78, 5) is 0. The zero-order valence-corrected chi connectivity index (χ0v) is 4.85. The molecule has 22 valence electrons. The molecule has 0 N–H and O–H groups in total. The predicted molar refractivity (Wildman–Crippen MR) is 1.37 cm³/mol. The van der Waals surface area contributed by atoms with E-state index >= 15 is 0 Å². The largest absolute Gasteiger partial charge is 4.00 e. The van der Waals surface area contributed by atoms with E-state index in [2.05, 4.69) is 0 Å². The first-order valence-electron chi connectivity index (χ1n) is 0. The molecule has 0 fully saturated rings. The van der Waals surface area contributed by atoms with Crippen LogP contribution in [0.5, 0.6) is 0 Å². The first-order chi connectivity index (χ1) is 0. The second-order valence-electron chi connectivity index (χ2n) is 0. The van der Waals surface area contributed by atoms with Crippen LogP contribution in [0.1, 0.15) is 0 Å². The van der Waals surface area contributed by atoms with Gasteiger partial charge >= 0.3 is 41.2 Å². The van der Waals surface area contributed by atoms with Crippen LogP contribution in [0.15, 0.2) is 0 Å². The Morgan fingerprint density at radius 3 is 0.750 bits per heavy atom. The number of hydrogen-bond donors (Lipinski definition) is 0. The van der Waals surface area contributed by atoms with Crippen molar-refractivity contribution in [2.75, 3.05) is 0 Å². The molecule has 0 aromatic rings. The number of hydrogen-bond acceptors (Lipinski definition) is 0. The van der Waals surface area contributed by atoms with Gasteiger partial charge < -0.3 is 11.0 Å². The van der Waals surface area contributed by atoms with Crippen molar-refractivity contribution in [2.45, 2.75) is 0 Å². The molecule has 2 nitrogen and oxygen atoms in total. The van der Waals surface area contributed by atoms with Gasteiger partial charge in [-0.2, -0.15) is 0 Å². The van der Waals surface area contributed by atoms with E-state index in [-0.39, 0.29) is 52.1 Å². The molecule has 0 saturated carbocycles. The summed E-state index contributed by atoms with van der Waals surface area (Å²) in [5, 5.41) is 0. The molecule has 0 heterocycles. The average molecular weight is 183 g/mol. The van der Waals surface area contributed by atoms with E-state index in [4.69, 9.17) is 0 Å². The van der Waals surface area contributed by atoms with Crippen LogP contribution in [0, 0.1) is 0 Å². The third kappa shape index (κ3) is 10.5. The molecule has 0 aromatic heterocycles. The van der Waals surface area contributed by atoms with Gasteiger partial charge in [-0.3, -0.25) is 0 Å². The summed E-state index contributed by atoms with van der Waals surface area (Å²) in [6, 6.07) is 0. The fourth-order valence-corrected chi connectivity index (χ4v) is 0. The minimum Gasteiger partial charge on any atom is -2.00 e. The second kappa shape index (κ2) is 28.6. The minimum atomic E-state index is 0. The maximum atomic E-state index is 0. The minimum absolute atomic E-state index is 0. The van der Waals surface area contributed by atoms with E-state index in [9.17, 15) is 0 Å². The second-order valence-corrected chi connectivity index (χ2v) is 0. The summed E-state index contributed by atoms with van der Waals surface area (Å²) >= 11 is 0. The summed E-state index contributed by atoms with van der Waals surface area (Å²) in [5.41, 5.74) is 0. The molecule has 0 atom stereocenters. The Bertz CT molecular complexity index is 6.00. The molecule has 0 aliphatic heterocycles. The Labute approximate surface area is 52.2 Å². The van der Waals surface area contributed by atoms with E-state index in [1.54, 1.807) is 0 Å². The monoisotopic (exact) mass is 183 g/mol. The van der Waals surface area contributed by atoms with Gasteiger partial charge in [0, 0.05) is 0 Å². The summed E-state index contributed by atoms with van der Waals surface area (Å²) in [6.07, 6.45) is 0. The van der Waals surface area contributed by atoms with Crippen LogP contribution in [-0.4, -0.2) is 0 Å². The Morgan fingerprint density at radius 2 is 0.750 bits per heavy atom. The van der Waals surface area contributed by atoms with Gasteiger partial charge in [0.2, 0.25) is 0 Å². The topological polar surface area (TPSA) is 57.0 Å².